The number of likely N-dealkylation sites (N-methyl/N-ethyl adjacent to an activating group) is 1. The number of fused-ring (bicyclic) bond motifs is 1. The summed E-state index contributed by atoms with van der Waals surface area (Å²) in [5, 5.41) is 9.68. The normalized spacial score (nSPS) is 11.8. The first kappa shape index (κ1) is 29.0. The van der Waals surface area contributed by atoms with Crippen LogP contribution in [0.5, 0.6) is 0 Å². The predicted molar refractivity (Wildman–Crippen MR) is 140 cm³/mol. The predicted octanol–water partition coefficient (Wildman–Crippen LogP) is 5.42. The van der Waals surface area contributed by atoms with Crippen LogP contribution in [0.1, 0.15) is 18.4 Å². The van der Waals surface area contributed by atoms with E-state index in [9.17, 15) is 22.8 Å². The van der Waals surface area contributed by atoms with Gasteiger partial charge < -0.3 is 20.3 Å². The van der Waals surface area contributed by atoms with Gasteiger partial charge in [0, 0.05) is 30.2 Å². The van der Waals surface area contributed by atoms with E-state index in [0.29, 0.717) is 35.2 Å². The van der Waals surface area contributed by atoms with Gasteiger partial charge in [-0.1, -0.05) is 29.8 Å². The Morgan fingerprint density at radius 1 is 1.13 bits per heavy atom. The van der Waals surface area contributed by atoms with Crippen molar-refractivity contribution in [2.75, 3.05) is 32.1 Å². The molecule has 0 fully saturated rings. The molecular weight excluding hydrogens is 523 g/mol. The topological polar surface area (TPSA) is 95.6 Å². The van der Waals surface area contributed by atoms with E-state index in [1.54, 1.807) is 37.4 Å². The number of carbonyl (C=O) groups excluding carboxylic acids is 2. The largest absolute Gasteiger partial charge is 0.447 e. The van der Waals surface area contributed by atoms with Gasteiger partial charge in [0.25, 0.3) is 6.43 Å². The highest BCUT2D eigenvalue weighted by Crippen LogP contribution is 2.18. The van der Waals surface area contributed by atoms with E-state index in [2.05, 4.69) is 20.9 Å². The summed E-state index contributed by atoms with van der Waals surface area (Å²) in [4.78, 5) is 30.7. The molecule has 0 aliphatic carbocycles. The van der Waals surface area contributed by atoms with Crippen LogP contribution in [-0.2, 0) is 11.3 Å². The van der Waals surface area contributed by atoms with Gasteiger partial charge in [0.1, 0.15) is 18.2 Å². The number of rotatable bonds is 12. The molecule has 3 aromatic rings. The molecule has 12 heteroatoms. The first-order chi connectivity index (χ1) is 18.2. The number of amides is 3. The van der Waals surface area contributed by atoms with E-state index >= 15 is 0 Å². The number of hydrogen-bond acceptors (Lipinski definition) is 5. The van der Waals surface area contributed by atoms with Crippen molar-refractivity contribution in [3.05, 3.63) is 71.1 Å². The van der Waals surface area contributed by atoms with Crippen molar-refractivity contribution < 1.29 is 27.5 Å². The number of ether oxygens (including phenoxy) is 1. The molecule has 8 nitrogen and oxygen atoms in total. The first-order valence-electron chi connectivity index (χ1n) is 11.9. The molecule has 1 atom stereocenters. The van der Waals surface area contributed by atoms with E-state index in [-0.39, 0.29) is 19.0 Å². The van der Waals surface area contributed by atoms with E-state index in [1.807, 2.05) is 0 Å². The van der Waals surface area contributed by atoms with Gasteiger partial charge in [0.2, 0.25) is 0 Å². The fourth-order valence-electron chi connectivity index (χ4n) is 3.66. The summed E-state index contributed by atoms with van der Waals surface area (Å²) < 4.78 is 43.6. The summed E-state index contributed by atoms with van der Waals surface area (Å²) in [5.74, 6) is -0.245. The maximum atomic E-state index is 13.5. The van der Waals surface area contributed by atoms with Crippen molar-refractivity contribution in [3.63, 3.8) is 0 Å². The second kappa shape index (κ2) is 14.4. The quantitative estimate of drug-likeness (QED) is 0.261. The fourth-order valence-corrected chi connectivity index (χ4v) is 3.86. The van der Waals surface area contributed by atoms with Crippen molar-refractivity contribution in [2.45, 2.75) is 31.9 Å². The molecule has 38 heavy (non-hydrogen) atoms. The van der Waals surface area contributed by atoms with E-state index < -0.39 is 37.0 Å². The molecule has 0 unspecified atom stereocenters. The lowest BCUT2D eigenvalue weighted by molar-refractivity contribution is 0.112. The van der Waals surface area contributed by atoms with Gasteiger partial charge in [-0.3, -0.25) is 5.32 Å². The summed E-state index contributed by atoms with van der Waals surface area (Å²) in [6.45, 7) is -0.0833. The Bertz CT molecular complexity index is 1230. The van der Waals surface area contributed by atoms with E-state index in [1.165, 1.54) is 29.3 Å². The van der Waals surface area contributed by atoms with Crippen LogP contribution < -0.4 is 16.0 Å². The summed E-state index contributed by atoms with van der Waals surface area (Å²) in [6, 6.07) is 11.9. The number of alkyl halides is 2. The zero-order chi connectivity index (χ0) is 27.5. The number of halogens is 4. The van der Waals surface area contributed by atoms with Gasteiger partial charge in [-0.25, -0.2) is 27.7 Å². The van der Waals surface area contributed by atoms with Gasteiger partial charge in [-0.15, -0.1) is 0 Å². The number of nitrogens with zero attached hydrogens (tertiary/aromatic N) is 2. The molecule has 3 rings (SSSR count). The molecule has 204 valence electrons. The lowest BCUT2D eigenvalue weighted by Crippen LogP contribution is -2.46. The molecule has 0 radical (unpaired) electrons. The van der Waals surface area contributed by atoms with E-state index in [0.717, 1.165) is 5.56 Å². The van der Waals surface area contributed by atoms with Crippen molar-refractivity contribution in [1.29, 1.82) is 0 Å². The molecule has 3 amide bonds. The highest BCUT2D eigenvalue weighted by atomic mass is 35.5. The number of hydrogen-bond donors (Lipinski definition) is 3. The highest BCUT2D eigenvalue weighted by Gasteiger charge is 2.22. The molecule has 0 aliphatic heterocycles. The second-order valence-electron chi connectivity index (χ2n) is 8.54. The van der Waals surface area contributed by atoms with Gasteiger partial charge in [0.05, 0.1) is 12.6 Å². The third-order valence-electron chi connectivity index (χ3n) is 5.77. The van der Waals surface area contributed by atoms with Gasteiger partial charge >= 0.3 is 12.1 Å². The number of aromatic nitrogens is 1. The Morgan fingerprint density at radius 2 is 1.92 bits per heavy atom. The Kier molecular flexibility index (Phi) is 11.0. The third kappa shape index (κ3) is 9.07. The molecule has 0 bridgehead atoms. The first-order valence-corrected chi connectivity index (χ1v) is 12.3. The lowest BCUT2D eigenvalue weighted by atomic mass is 10.1. The Balaban J connectivity index is 1.58. The summed E-state index contributed by atoms with van der Waals surface area (Å²) in [7, 11) is 1.56. The third-order valence-corrected chi connectivity index (χ3v) is 6.13. The van der Waals surface area contributed by atoms with Crippen molar-refractivity contribution in [3.8, 4) is 0 Å². The van der Waals surface area contributed by atoms with Crippen LogP contribution in [0.2, 0.25) is 5.02 Å². The maximum Gasteiger partial charge on any atom is 0.412 e. The molecule has 0 saturated heterocycles. The number of nitrogens with one attached hydrogen (secondary N) is 3. The van der Waals surface area contributed by atoms with Crippen LogP contribution in [0.3, 0.4) is 0 Å². The lowest BCUT2D eigenvalue weighted by Gasteiger charge is -2.28. The zero-order valence-electron chi connectivity index (χ0n) is 20.7. The minimum Gasteiger partial charge on any atom is -0.447 e. The molecule has 0 aliphatic rings. The van der Waals surface area contributed by atoms with Gasteiger partial charge in [0.15, 0.2) is 0 Å². The number of anilines is 1. The molecule has 2 aromatic carbocycles. The SMILES string of the molecule is CN(C(=O)NCc1ccccc1Cl)[C@@H](CCCNCC(F)F)COC(=O)Nc1cc2cc(F)ccc2cn1. The minimum absolute atomic E-state index is 0.154. The van der Waals surface area contributed by atoms with Crippen LogP contribution in [-0.4, -0.2) is 61.2 Å². The summed E-state index contributed by atoms with van der Waals surface area (Å²) in [6.07, 6.45) is -0.929. The zero-order valence-corrected chi connectivity index (χ0v) is 21.5. The fraction of sp³-hybridized carbons (Fsp3) is 0.346. The second-order valence-corrected chi connectivity index (χ2v) is 8.94. The standard InChI is InChI=1S/C26H29ClF3N5O3/c1-35(25(36)33-14-18-5-2-3-7-22(18)27)21(6-4-10-31-15-23(29)30)16-38-26(37)34-24-12-19-11-20(28)9-8-17(19)13-32-24/h2-3,5,7-9,11-13,21,23,31H,4,6,10,14-16H2,1H3,(H,33,36)(H,32,34,37)/t21-/m0/s1. The average molecular weight is 552 g/mol. The summed E-state index contributed by atoms with van der Waals surface area (Å²) in [5.41, 5.74) is 0.738. The van der Waals surface area contributed by atoms with Crippen molar-refractivity contribution >= 4 is 40.3 Å². The van der Waals surface area contributed by atoms with Crippen LogP contribution in [0.4, 0.5) is 28.6 Å². The van der Waals surface area contributed by atoms with Crippen molar-refractivity contribution in [2.24, 2.45) is 0 Å². The van der Waals surface area contributed by atoms with Crippen LogP contribution in [0, 0.1) is 5.82 Å². The smallest absolute Gasteiger partial charge is 0.412 e. The molecule has 0 spiro atoms. The van der Waals surface area contributed by atoms with Crippen LogP contribution in [0.25, 0.3) is 10.8 Å². The van der Waals surface area contributed by atoms with Gasteiger partial charge in [-0.2, -0.15) is 0 Å². The highest BCUT2D eigenvalue weighted by molar-refractivity contribution is 6.31. The number of benzene rings is 2. The van der Waals surface area contributed by atoms with Crippen LogP contribution >= 0.6 is 11.6 Å². The average Bonchev–Trinajstić information content (AvgIpc) is 2.88. The number of carbonyl (C=O) groups is 2. The Labute approximate surface area is 223 Å². The maximum absolute atomic E-state index is 13.5. The van der Waals surface area contributed by atoms with Crippen molar-refractivity contribution in [1.82, 2.24) is 20.5 Å². The number of pyridine rings is 1. The molecular formula is C26H29ClF3N5O3. The minimum atomic E-state index is -2.46. The monoisotopic (exact) mass is 551 g/mol. The van der Waals surface area contributed by atoms with Gasteiger partial charge in [-0.05, 0) is 60.7 Å². The molecule has 3 N–H and O–H groups in total. The molecule has 1 aromatic heterocycles. The Morgan fingerprint density at radius 3 is 2.68 bits per heavy atom. The summed E-state index contributed by atoms with van der Waals surface area (Å²) >= 11 is 6.15. The Hall–Kier alpha value is -3.57. The number of urea groups is 1. The molecule has 1 heterocycles. The molecule has 0 saturated carbocycles. The van der Waals surface area contributed by atoms with Crippen LogP contribution in [0.15, 0.2) is 54.7 Å². The van der Waals surface area contributed by atoms with E-state index in [4.69, 9.17) is 16.3 Å².